The van der Waals surface area contributed by atoms with Crippen molar-refractivity contribution in [3.8, 4) is 22.3 Å². The van der Waals surface area contributed by atoms with Crippen LogP contribution < -0.4 is 0 Å². The molecule has 0 N–H and O–H groups in total. The summed E-state index contributed by atoms with van der Waals surface area (Å²) in [5.41, 5.74) is 12.0. The molecule has 0 unspecified atom stereocenters. The molecule has 2 radical (unpaired) electrons. The van der Waals surface area contributed by atoms with Gasteiger partial charge in [-0.2, -0.15) is 12.1 Å². The molecule has 0 nitrogen and oxygen atoms in total. The Kier molecular flexibility index (Phi) is 18.2. The van der Waals surface area contributed by atoms with Gasteiger partial charge < -0.3 is 0 Å². The fourth-order valence-electron chi connectivity index (χ4n) is 7.08. The van der Waals surface area contributed by atoms with Gasteiger partial charge in [0, 0.05) is 9.52 Å². The predicted octanol–water partition coefficient (Wildman–Crippen LogP) is 17.2. The molecule has 0 atom stereocenters. The molecule has 0 saturated carbocycles. The zero-order valence-electron chi connectivity index (χ0n) is 37.0. The number of fused-ring (bicyclic) bond motifs is 2. The summed E-state index contributed by atoms with van der Waals surface area (Å²) in [5, 5.41) is 5.46. The van der Waals surface area contributed by atoms with E-state index in [1.165, 1.54) is 78.5 Å². The summed E-state index contributed by atoms with van der Waals surface area (Å²) >= 11 is -0.826. The molecule has 0 saturated heterocycles. The van der Waals surface area contributed by atoms with E-state index in [4.69, 9.17) is 17.0 Å². The van der Waals surface area contributed by atoms with Crippen LogP contribution in [0.15, 0.2) is 109 Å². The SMILES string of the molecule is CC(C)(C)Cc1cc2c(-c3ccc(C(C)(C)C)cc3)cccc2[cH-]1.CC(C)(C)Cc1cc2c(-c3ccc(C(C)(C)C)cc3)cccc2[cH-]1.CCC[Si]C.[Cl][Zr+2][Cl]. The van der Waals surface area contributed by atoms with Crippen LogP contribution >= 0.6 is 17.0 Å². The maximum absolute atomic E-state index is 4.93. The summed E-state index contributed by atoms with van der Waals surface area (Å²) in [6.07, 6.45) is 3.59. The minimum atomic E-state index is -0.826. The Bertz CT molecular complexity index is 1900. The summed E-state index contributed by atoms with van der Waals surface area (Å²) in [7, 11) is 11.0. The Balaban J connectivity index is 0.000000252. The van der Waals surface area contributed by atoms with E-state index in [0.29, 0.717) is 10.8 Å². The molecule has 6 aromatic carbocycles. The van der Waals surface area contributed by atoms with Crippen LogP contribution in [0.5, 0.6) is 0 Å². The van der Waals surface area contributed by atoms with Gasteiger partial charge in [0.2, 0.25) is 0 Å². The van der Waals surface area contributed by atoms with E-state index in [0.717, 1.165) is 22.4 Å². The van der Waals surface area contributed by atoms with Crippen molar-refractivity contribution in [3.63, 3.8) is 0 Å². The summed E-state index contributed by atoms with van der Waals surface area (Å²) in [4.78, 5) is 0. The van der Waals surface area contributed by atoms with Gasteiger partial charge in [-0.3, -0.25) is 0 Å². The molecule has 0 aliphatic carbocycles. The van der Waals surface area contributed by atoms with Gasteiger partial charge in [0.1, 0.15) is 0 Å². The molecule has 6 rings (SSSR count). The topological polar surface area (TPSA) is 0 Å². The van der Waals surface area contributed by atoms with Crippen molar-refractivity contribution in [2.24, 2.45) is 10.8 Å². The van der Waals surface area contributed by atoms with Crippen molar-refractivity contribution in [2.45, 2.75) is 133 Å². The second-order valence-electron chi connectivity index (χ2n) is 19.6. The van der Waals surface area contributed by atoms with Gasteiger partial charge in [-0.25, -0.2) is 0 Å². The molecule has 0 heterocycles. The zero-order valence-corrected chi connectivity index (χ0v) is 41.9. The van der Waals surface area contributed by atoms with Crippen LogP contribution in [0.4, 0.5) is 0 Å². The first-order chi connectivity index (χ1) is 26.1. The molecular formula is C52H68Cl2SiZr. The normalized spacial score (nSPS) is 11.9. The number of hydrogen-bond acceptors (Lipinski definition) is 0. The Morgan fingerprint density at radius 3 is 1.12 bits per heavy atom. The first-order valence-electron chi connectivity index (χ1n) is 20.3. The number of benzene rings is 4. The molecule has 0 aliphatic heterocycles. The van der Waals surface area contributed by atoms with Crippen molar-refractivity contribution < 1.29 is 20.8 Å². The molecule has 298 valence electrons. The van der Waals surface area contributed by atoms with E-state index in [1.54, 1.807) is 0 Å². The Morgan fingerprint density at radius 1 is 0.536 bits per heavy atom. The van der Waals surface area contributed by atoms with Gasteiger partial charge in [-0.05, 0) is 56.8 Å². The Labute approximate surface area is 363 Å². The number of hydrogen-bond donors (Lipinski definition) is 0. The quantitative estimate of drug-likeness (QED) is 0.115. The molecule has 0 aromatic heterocycles. The minimum absolute atomic E-state index is 0.199. The van der Waals surface area contributed by atoms with Gasteiger partial charge in [0.05, 0.1) is 0 Å². The molecule has 0 fully saturated rings. The van der Waals surface area contributed by atoms with E-state index in [-0.39, 0.29) is 10.8 Å². The number of rotatable bonds is 6. The molecule has 0 amide bonds. The first kappa shape index (κ1) is 48.2. The van der Waals surface area contributed by atoms with Crippen LogP contribution in [-0.2, 0) is 44.5 Å². The van der Waals surface area contributed by atoms with Crippen LogP contribution in [0.3, 0.4) is 0 Å². The summed E-state index contributed by atoms with van der Waals surface area (Å²) < 4.78 is 0. The van der Waals surface area contributed by atoms with Crippen molar-refractivity contribution in [1.29, 1.82) is 0 Å². The predicted molar refractivity (Wildman–Crippen MR) is 252 cm³/mol. The molecule has 0 aliphatic rings. The van der Waals surface area contributed by atoms with Crippen LogP contribution in [-0.4, -0.2) is 9.52 Å². The van der Waals surface area contributed by atoms with E-state index in [2.05, 4.69) is 206 Å². The van der Waals surface area contributed by atoms with Gasteiger partial charge in [0.25, 0.3) is 0 Å². The first-order valence-corrected chi connectivity index (χ1v) is 28.3. The Hall–Kier alpha value is -2.22. The zero-order chi connectivity index (χ0) is 41.9. The second-order valence-corrected chi connectivity index (χ2v) is 24.6. The fourth-order valence-corrected chi connectivity index (χ4v) is 7.58. The third-order valence-electron chi connectivity index (χ3n) is 9.71. The van der Waals surface area contributed by atoms with E-state index in [1.807, 2.05) is 0 Å². The standard InChI is InChI=1S/2C24H29.C4H10Si.2ClH.Zr/c2*1-23(2,3)16-17-14-19-8-7-9-21(22(19)15-17)18-10-12-20(13-11-18)24(4,5)6;1-3-4-5-2;;;/h2*7-15H,16H2,1-6H3;3-4H2,1-2H3;2*1H;/q2*-1;;;;+4/p-2. The van der Waals surface area contributed by atoms with Crippen LogP contribution in [0.25, 0.3) is 43.8 Å². The second kappa shape index (κ2) is 21.2. The number of halogens is 2. The monoisotopic (exact) mass is 880 g/mol. The van der Waals surface area contributed by atoms with E-state index >= 15 is 0 Å². The summed E-state index contributed by atoms with van der Waals surface area (Å²) in [5.74, 6) is 0. The third kappa shape index (κ3) is 15.2. The van der Waals surface area contributed by atoms with Crippen LogP contribution in [0.2, 0.25) is 12.6 Å². The van der Waals surface area contributed by atoms with E-state index < -0.39 is 20.8 Å². The maximum atomic E-state index is 4.93. The van der Waals surface area contributed by atoms with Gasteiger partial charge in [-0.15, -0.1) is 69.1 Å². The molecule has 4 heteroatoms. The fraction of sp³-hybridized carbons (Fsp3) is 0.423. The van der Waals surface area contributed by atoms with E-state index in [9.17, 15) is 0 Å². The van der Waals surface area contributed by atoms with Gasteiger partial charge in [0.15, 0.2) is 0 Å². The van der Waals surface area contributed by atoms with Gasteiger partial charge in [-0.1, -0.05) is 181 Å². The van der Waals surface area contributed by atoms with Crippen LogP contribution in [0.1, 0.15) is 119 Å². The Morgan fingerprint density at radius 2 is 0.875 bits per heavy atom. The average molecular weight is 883 g/mol. The summed E-state index contributed by atoms with van der Waals surface area (Å²) in [6, 6.07) is 42.4. The molecular weight excluding hydrogens is 815 g/mol. The van der Waals surface area contributed by atoms with Crippen molar-refractivity contribution in [1.82, 2.24) is 0 Å². The molecule has 0 bridgehead atoms. The molecule has 0 spiro atoms. The van der Waals surface area contributed by atoms with Crippen molar-refractivity contribution in [3.05, 3.63) is 131 Å². The summed E-state index contributed by atoms with van der Waals surface area (Å²) in [6.45, 7) is 31.8. The third-order valence-corrected chi connectivity index (χ3v) is 10.7. The van der Waals surface area contributed by atoms with Crippen molar-refractivity contribution in [2.75, 3.05) is 0 Å². The van der Waals surface area contributed by atoms with Gasteiger partial charge >= 0.3 is 37.9 Å². The molecule has 56 heavy (non-hydrogen) atoms. The van der Waals surface area contributed by atoms with Crippen LogP contribution in [0, 0.1) is 10.8 Å². The average Bonchev–Trinajstić information content (AvgIpc) is 3.70. The molecule has 6 aromatic rings. The van der Waals surface area contributed by atoms with Crippen molar-refractivity contribution >= 4 is 48.1 Å².